The molecule has 4 nitrogen and oxygen atoms in total. The Kier molecular flexibility index (Phi) is 3.54. The van der Waals surface area contributed by atoms with Crippen molar-refractivity contribution >= 4 is 33.4 Å². The zero-order valence-corrected chi connectivity index (χ0v) is 13.0. The molecule has 2 aliphatic rings. The second-order valence-electron chi connectivity index (χ2n) is 5.45. The van der Waals surface area contributed by atoms with Crippen LogP contribution in [0.3, 0.4) is 0 Å². The van der Waals surface area contributed by atoms with Crippen molar-refractivity contribution < 1.29 is 9.59 Å². The molecule has 0 aromatic heterocycles. The Labute approximate surface area is 126 Å². The maximum Gasteiger partial charge on any atom is 0.249 e. The lowest BCUT2D eigenvalue weighted by atomic mass is 10.1. The van der Waals surface area contributed by atoms with E-state index in [0.29, 0.717) is 13.1 Å². The molecule has 1 aromatic rings. The lowest BCUT2D eigenvalue weighted by molar-refractivity contribution is -0.141. The Morgan fingerprint density at radius 1 is 1.20 bits per heavy atom. The number of anilines is 1. The number of hydrogen-bond donors (Lipinski definition) is 0. The lowest BCUT2D eigenvalue weighted by Gasteiger charge is -2.39. The molecule has 1 saturated carbocycles. The summed E-state index contributed by atoms with van der Waals surface area (Å²) in [4.78, 5) is 28.2. The summed E-state index contributed by atoms with van der Waals surface area (Å²) in [5, 5.41) is 0. The number of hydrogen-bond acceptors (Lipinski definition) is 2. The molecule has 20 heavy (non-hydrogen) atoms. The topological polar surface area (TPSA) is 40.6 Å². The predicted octanol–water partition coefficient (Wildman–Crippen LogP) is 2.42. The predicted molar refractivity (Wildman–Crippen MR) is 80.4 cm³/mol. The van der Waals surface area contributed by atoms with Crippen molar-refractivity contribution in [3.8, 4) is 0 Å². The van der Waals surface area contributed by atoms with Crippen LogP contribution in [0.2, 0.25) is 0 Å². The molecular formula is C15H17BrN2O2. The number of piperazine rings is 1. The van der Waals surface area contributed by atoms with E-state index in [-0.39, 0.29) is 23.8 Å². The average molecular weight is 337 g/mol. The van der Waals surface area contributed by atoms with Crippen LogP contribution in [0.1, 0.15) is 19.8 Å². The first-order valence-corrected chi connectivity index (χ1v) is 7.74. The zero-order chi connectivity index (χ0) is 14.3. The van der Waals surface area contributed by atoms with E-state index in [1.165, 1.54) is 0 Å². The number of benzene rings is 1. The monoisotopic (exact) mass is 336 g/mol. The summed E-state index contributed by atoms with van der Waals surface area (Å²) in [6.45, 7) is 3.02. The lowest BCUT2D eigenvalue weighted by Crippen LogP contribution is -2.58. The Balaban J connectivity index is 1.76. The van der Waals surface area contributed by atoms with E-state index in [2.05, 4.69) is 15.9 Å². The fraction of sp³-hybridized carbons (Fsp3) is 0.467. The minimum atomic E-state index is -0.361. The Morgan fingerprint density at radius 3 is 2.45 bits per heavy atom. The van der Waals surface area contributed by atoms with Crippen LogP contribution in [-0.4, -0.2) is 35.8 Å². The fourth-order valence-electron chi connectivity index (χ4n) is 2.61. The number of carbonyl (C=O) groups excluding carboxylic acids is 2. The molecule has 0 spiro atoms. The SMILES string of the molecule is CC1C(=O)N(c2ccc(Br)cc2)CCN1C(=O)C1CC1. The molecule has 0 N–H and O–H groups in total. The molecule has 1 aliphatic carbocycles. The summed E-state index contributed by atoms with van der Waals surface area (Å²) in [5.41, 5.74) is 0.892. The molecule has 1 saturated heterocycles. The second-order valence-corrected chi connectivity index (χ2v) is 6.36. The van der Waals surface area contributed by atoms with Gasteiger partial charge in [-0.2, -0.15) is 0 Å². The summed E-state index contributed by atoms with van der Waals surface area (Å²) in [5.74, 6) is 0.332. The van der Waals surface area contributed by atoms with Crippen molar-refractivity contribution in [2.75, 3.05) is 18.0 Å². The van der Waals surface area contributed by atoms with Gasteiger partial charge in [-0.1, -0.05) is 15.9 Å². The number of carbonyl (C=O) groups is 2. The molecule has 1 heterocycles. The van der Waals surface area contributed by atoms with Crippen LogP contribution < -0.4 is 4.90 Å². The van der Waals surface area contributed by atoms with Gasteiger partial charge >= 0.3 is 0 Å². The molecule has 0 radical (unpaired) electrons. The van der Waals surface area contributed by atoms with Gasteiger partial charge in [-0.15, -0.1) is 0 Å². The number of rotatable bonds is 2. The van der Waals surface area contributed by atoms with Gasteiger partial charge in [0.1, 0.15) is 6.04 Å². The van der Waals surface area contributed by atoms with Crippen molar-refractivity contribution in [2.24, 2.45) is 5.92 Å². The van der Waals surface area contributed by atoms with Gasteiger partial charge in [-0.3, -0.25) is 9.59 Å². The van der Waals surface area contributed by atoms with Crippen LogP contribution in [0.5, 0.6) is 0 Å². The van der Waals surface area contributed by atoms with Gasteiger partial charge in [0.25, 0.3) is 0 Å². The summed E-state index contributed by atoms with van der Waals surface area (Å²) < 4.78 is 0.990. The van der Waals surface area contributed by atoms with Gasteiger partial charge in [-0.05, 0) is 44.0 Å². The van der Waals surface area contributed by atoms with Crippen LogP contribution in [0, 0.1) is 5.92 Å². The first-order valence-electron chi connectivity index (χ1n) is 6.95. The van der Waals surface area contributed by atoms with Crippen molar-refractivity contribution in [1.82, 2.24) is 4.90 Å². The van der Waals surface area contributed by atoms with E-state index in [0.717, 1.165) is 23.0 Å². The Hall–Kier alpha value is -1.36. The first-order chi connectivity index (χ1) is 9.58. The number of halogens is 1. The highest BCUT2D eigenvalue weighted by atomic mass is 79.9. The van der Waals surface area contributed by atoms with Crippen molar-refractivity contribution in [1.29, 1.82) is 0 Å². The van der Waals surface area contributed by atoms with E-state index in [1.54, 1.807) is 9.80 Å². The van der Waals surface area contributed by atoms with Gasteiger partial charge in [0.05, 0.1) is 0 Å². The van der Waals surface area contributed by atoms with Gasteiger partial charge in [0.2, 0.25) is 11.8 Å². The Bertz CT molecular complexity index is 539. The molecule has 1 aromatic carbocycles. The van der Waals surface area contributed by atoms with Crippen molar-refractivity contribution in [3.63, 3.8) is 0 Å². The quantitative estimate of drug-likeness (QED) is 0.832. The largest absolute Gasteiger partial charge is 0.329 e. The van der Waals surface area contributed by atoms with Crippen LogP contribution in [0.4, 0.5) is 5.69 Å². The Morgan fingerprint density at radius 2 is 1.85 bits per heavy atom. The van der Waals surface area contributed by atoms with Gasteiger partial charge in [-0.25, -0.2) is 0 Å². The van der Waals surface area contributed by atoms with E-state index in [9.17, 15) is 9.59 Å². The molecule has 3 rings (SSSR count). The van der Waals surface area contributed by atoms with Crippen LogP contribution in [0.25, 0.3) is 0 Å². The molecule has 1 unspecified atom stereocenters. The van der Waals surface area contributed by atoms with Crippen LogP contribution >= 0.6 is 15.9 Å². The van der Waals surface area contributed by atoms with E-state index < -0.39 is 0 Å². The maximum absolute atomic E-state index is 12.5. The highest BCUT2D eigenvalue weighted by Gasteiger charge is 2.40. The molecule has 5 heteroatoms. The molecule has 0 bridgehead atoms. The second kappa shape index (κ2) is 5.20. The third kappa shape index (κ3) is 2.46. The minimum Gasteiger partial charge on any atom is -0.329 e. The molecule has 106 valence electrons. The van der Waals surface area contributed by atoms with E-state index >= 15 is 0 Å². The third-order valence-electron chi connectivity index (χ3n) is 4.00. The number of nitrogens with zero attached hydrogens (tertiary/aromatic N) is 2. The highest BCUT2D eigenvalue weighted by Crippen LogP contribution is 2.33. The van der Waals surface area contributed by atoms with Crippen LogP contribution in [0.15, 0.2) is 28.7 Å². The van der Waals surface area contributed by atoms with Gasteiger partial charge < -0.3 is 9.80 Å². The molecular weight excluding hydrogens is 320 g/mol. The zero-order valence-electron chi connectivity index (χ0n) is 11.4. The van der Waals surface area contributed by atoms with E-state index in [4.69, 9.17) is 0 Å². The third-order valence-corrected chi connectivity index (χ3v) is 4.53. The van der Waals surface area contributed by atoms with Crippen LogP contribution in [-0.2, 0) is 9.59 Å². The number of amides is 2. The van der Waals surface area contributed by atoms with Crippen molar-refractivity contribution in [3.05, 3.63) is 28.7 Å². The molecule has 1 atom stereocenters. The summed E-state index contributed by atoms with van der Waals surface area (Å²) in [6, 6.07) is 7.34. The maximum atomic E-state index is 12.5. The minimum absolute atomic E-state index is 0.00701. The van der Waals surface area contributed by atoms with E-state index in [1.807, 2.05) is 31.2 Å². The molecule has 1 aliphatic heterocycles. The van der Waals surface area contributed by atoms with Gasteiger partial charge in [0, 0.05) is 29.2 Å². The summed E-state index contributed by atoms with van der Waals surface area (Å²) in [7, 11) is 0. The normalized spacial score (nSPS) is 23.1. The molecule has 2 amide bonds. The molecule has 2 fully saturated rings. The van der Waals surface area contributed by atoms with Crippen molar-refractivity contribution in [2.45, 2.75) is 25.8 Å². The highest BCUT2D eigenvalue weighted by molar-refractivity contribution is 9.10. The summed E-state index contributed by atoms with van der Waals surface area (Å²) >= 11 is 3.39. The smallest absolute Gasteiger partial charge is 0.249 e. The average Bonchev–Trinajstić information content (AvgIpc) is 3.27. The first kappa shape index (κ1) is 13.6. The summed E-state index contributed by atoms with van der Waals surface area (Å²) in [6.07, 6.45) is 1.96. The fourth-order valence-corrected chi connectivity index (χ4v) is 2.88. The van der Waals surface area contributed by atoms with Gasteiger partial charge in [0.15, 0.2) is 0 Å². The standard InChI is InChI=1S/C15H17BrN2O2/c1-10-14(19)18(13-6-4-12(16)5-7-13)9-8-17(10)15(20)11-2-3-11/h4-7,10-11H,2-3,8-9H2,1H3.